The average Bonchev–Trinajstić information content (AvgIpc) is 3.19. The molecule has 0 aliphatic carbocycles. The van der Waals surface area contributed by atoms with Gasteiger partial charge in [-0.15, -0.1) is 11.3 Å². The topological polar surface area (TPSA) is 51.2 Å². The van der Waals surface area contributed by atoms with Crippen molar-refractivity contribution in [3.05, 3.63) is 88.9 Å². The highest BCUT2D eigenvalue weighted by Crippen LogP contribution is 2.27. The molecule has 0 saturated heterocycles. The number of ether oxygens (including phenoxy) is 1. The fourth-order valence-electron chi connectivity index (χ4n) is 3.47. The number of aromatic nitrogens is 1. The molecule has 0 radical (unpaired) electrons. The summed E-state index contributed by atoms with van der Waals surface area (Å²) in [6.45, 7) is 4.17. The van der Waals surface area contributed by atoms with Crippen LogP contribution in [0.25, 0.3) is 10.8 Å². The normalized spacial score (nSPS) is 11.0. The SMILES string of the molecule is CC(C)c1ccccc1OCC(=O)Nc1ncc(Cc2cccc3ccccc23)s1. The van der Waals surface area contributed by atoms with Crippen LogP contribution in [0.3, 0.4) is 0 Å². The number of carbonyl (C=O) groups excluding carboxylic acids is 1. The summed E-state index contributed by atoms with van der Waals surface area (Å²) >= 11 is 1.50. The van der Waals surface area contributed by atoms with Gasteiger partial charge in [0, 0.05) is 17.5 Å². The standard InChI is InChI=1S/C25H24N2O2S/c1-17(2)21-11-5-6-13-23(21)29-16-24(28)27-25-26-15-20(30-25)14-19-10-7-9-18-8-3-4-12-22(18)19/h3-13,15,17H,14,16H2,1-2H3,(H,26,27,28). The summed E-state index contributed by atoms with van der Waals surface area (Å²) in [5, 5.41) is 5.92. The third-order valence-corrected chi connectivity index (χ3v) is 5.86. The number of fused-ring (bicyclic) bond motifs is 1. The fourth-order valence-corrected chi connectivity index (χ4v) is 4.32. The molecule has 30 heavy (non-hydrogen) atoms. The van der Waals surface area contributed by atoms with Gasteiger partial charge in [-0.3, -0.25) is 10.1 Å². The van der Waals surface area contributed by atoms with E-state index in [9.17, 15) is 4.79 Å². The molecule has 4 nitrogen and oxygen atoms in total. The number of hydrogen-bond acceptors (Lipinski definition) is 4. The largest absolute Gasteiger partial charge is 0.483 e. The number of nitrogens with one attached hydrogen (secondary N) is 1. The highest BCUT2D eigenvalue weighted by atomic mass is 32.1. The number of para-hydroxylation sites is 1. The zero-order chi connectivity index (χ0) is 20.9. The molecular weight excluding hydrogens is 392 g/mol. The van der Waals surface area contributed by atoms with Crippen molar-refractivity contribution in [2.24, 2.45) is 0 Å². The molecule has 3 aromatic carbocycles. The molecule has 0 saturated carbocycles. The van der Waals surface area contributed by atoms with Crippen LogP contribution in [0.1, 0.15) is 35.8 Å². The summed E-state index contributed by atoms with van der Waals surface area (Å²) in [4.78, 5) is 17.8. The van der Waals surface area contributed by atoms with E-state index in [1.54, 1.807) is 0 Å². The van der Waals surface area contributed by atoms with Crippen LogP contribution in [0.5, 0.6) is 5.75 Å². The van der Waals surface area contributed by atoms with Gasteiger partial charge >= 0.3 is 0 Å². The first-order valence-corrected chi connectivity index (χ1v) is 10.8. The summed E-state index contributed by atoms with van der Waals surface area (Å²) in [7, 11) is 0. The van der Waals surface area contributed by atoms with E-state index < -0.39 is 0 Å². The van der Waals surface area contributed by atoms with Gasteiger partial charge in [0.2, 0.25) is 0 Å². The lowest BCUT2D eigenvalue weighted by Gasteiger charge is -2.13. The van der Waals surface area contributed by atoms with Crippen molar-refractivity contribution in [1.82, 2.24) is 4.98 Å². The average molecular weight is 417 g/mol. The Balaban J connectivity index is 1.38. The molecule has 152 valence electrons. The van der Waals surface area contributed by atoms with E-state index in [1.807, 2.05) is 36.5 Å². The highest BCUT2D eigenvalue weighted by Gasteiger charge is 2.12. The Morgan fingerprint density at radius 1 is 1.03 bits per heavy atom. The maximum Gasteiger partial charge on any atom is 0.264 e. The zero-order valence-electron chi connectivity index (χ0n) is 17.1. The van der Waals surface area contributed by atoms with Gasteiger partial charge in [0.25, 0.3) is 5.91 Å². The fraction of sp³-hybridized carbons (Fsp3) is 0.200. The number of anilines is 1. The first kappa shape index (κ1) is 20.1. The van der Waals surface area contributed by atoms with Gasteiger partial charge in [-0.05, 0) is 33.9 Å². The van der Waals surface area contributed by atoms with Crippen molar-refractivity contribution in [3.8, 4) is 5.75 Å². The van der Waals surface area contributed by atoms with Crippen molar-refractivity contribution in [3.63, 3.8) is 0 Å². The monoisotopic (exact) mass is 416 g/mol. The van der Waals surface area contributed by atoms with E-state index in [-0.39, 0.29) is 12.5 Å². The molecule has 4 rings (SSSR count). The van der Waals surface area contributed by atoms with Crippen molar-refractivity contribution in [1.29, 1.82) is 0 Å². The minimum atomic E-state index is -0.209. The molecule has 0 bridgehead atoms. The molecule has 0 aliphatic rings. The summed E-state index contributed by atoms with van der Waals surface area (Å²) in [5.74, 6) is 0.873. The number of benzene rings is 3. The summed E-state index contributed by atoms with van der Waals surface area (Å²) in [6.07, 6.45) is 2.62. The van der Waals surface area contributed by atoms with Gasteiger partial charge < -0.3 is 4.74 Å². The molecule has 0 spiro atoms. The van der Waals surface area contributed by atoms with Crippen molar-refractivity contribution >= 4 is 33.1 Å². The van der Waals surface area contributed by atoms with Crippen LogP contribution < -0.4 is 10.1 Å². The Morgan fingerprint density at radius 3 is 2.67 bits per heavy atom. The van der Waals surface area contributed by atoms with Crippen LogP contribution in [0.15, 0.2) is 72.9 Å². The van der Waals surface area contributed by atoms with E-state index in [1.165, 1.54) is 27.7 Å². The van der Waals surface area contributed by atoms with Crippen LogP contribution in [0.2, 0.25) is 0 Å². The third kappa shape index (κ3) is 4.69. The second-order valence-corrected chi connectivity index (χ2v) is 8.59. The smallest absolute Gasteiger partial charge is 0.264 e. The van der Waals surface area contributed by atoms with Crippen LogP contribution in [0.4, 0.5) is 5.13 Å². The van der Waals surface area contributed by atoms with Gasteiger partial charge in [-0.1, -0.05) is 74.5 Å². The Kier molecular flexibility index (Phi) is 6.10. The summed E-state index contributed by atoms with van der Waals surface area (Å²) < 4.78 is 5.75. The second-order valence-electron chi connectivity index (χ2n) is 7.48. The first-order chi connectivity index (χ1) is 14.6. The van der Waals surface area contributed by atoms with Crippen LogP contribution in [-0.4, -0.2) is 17.5 Å². The van der Waals surface area contributed by atoms with Crippen molar-refractivity contribution in [2.75, 3.05) is 11.9 Å². The van der Waals surface area contributed by atoms with Crippen LogP contribution in [-0.2, 0) is 11.2 Å². The molecule has 0 unspecified atom stereocenters. The van der Waals surface area contributed by atoms with Gasteiger partial charge in [-0.2, -0.15) is 0 Å². The lowest BCUT2D eigenvalue weighted by Crippen LogP contribution is -2.20. The number of nitrogens with zero attached hydrogens (tertiary/aromatic N) is 1. The summed E-state index contributed by atoms with van der Waals surface area (Å²) in [6, 6.07) is 22.5. The quantitative estimate of drug-likeness (QED) is 0.400. The Morgan fingerprint density at radius 2 is 1.80 bits per heavy atom. The third-order valence-electron chi connectivity index (χ3n) is 4.94. The molecule has 0 aliphatic heterocycles. The molecular formula is C25H24N2O2S. The summed E-state index contributed by atoms with van der Waals surface area (Å²) in [5.41, 5.74) is 2.35. The number of hydrogen-bond donors (Lipinski definition) is 1. The second kappa shape index (κ2) is 9.09. The van der Waals surface area contributed by atoms with E-state index in [0.29, 0.717) is 11.0 Å². The van der Waals surface area contributed by atoms with Crippen molar-refractivity contribution < 1.29 is 9.53 Å². The van der Waals surface area contributed by atoms with E-state index in [4.69, 9.17) is 4.74 Å². The van der Waals surface area contributed by atoms with Crippen LogP contribution >= 0.6 is 11.3 Å². The predicted octanol–water partition coefficient (Wildman–Crippen LogP) is 6.03. The lowest BCUT2D eigenvalue weighted by atomic mass is 10.0. The molecule has 5 heteroatoms. The molecule has 0 atom stereocenters. The van der Waals surface area contributed by atoms with Crippen LogP contribution in [0, 0.1) is 0 Å². The first-order valence-electron chi connectivity index (χ1n) is 10.0. The number of amides is 1. The minimum Gasteiger partial charge on any atom is -0.483 e. The van der Waals surface area contributed by atoms with E-state index in [2.05, 4.69) is 60.5 Å². The Hall–Kier alpha value is -3.18. The molecule has 1 aromatic heterocycles. The molecule has 1 amide bonds. The number of rotatable bonds is 7. The van der Waals surface area contributed by atoms with Gasteiger partial charge in [0.05, 0.1) is 0 Å². The predicted molar refractivity (Wildman–Crippen MR) is 124 cm³/mol. The molecule has 1 heterocycles. The maximum atomic E-state index is 12.3. The number of thiazole rings is 1. The number of carbonyl (C=O) groups is 1. The Labute approximate surface area is 180 Å². The molecule has 4 aromatic rings. The zero-order valence-corrected chi connectivity index (χ0v) is 17.9. The van der Waals surface area contributed by atoms with Gasteiger partial charge in [0.15, 0.2) is 11.7 Å². The Bertz CT molecular complexity index is 1160. The van der Waals surface area contributed by atoms with Gasteiger partial charge in [-0.25, -0.2) is 4.98 Å². The van der Waals surface area contributed by atoms with E-state index >= 15 is 0 Å². The molecule has 0 fully saturated rings. The van der Waals surface area contributed by atoms with Gasteiger partial charge in [0.1, 0.15) is 5.75 Å². The highest BCUT2D eigenvalue weighted by molar-refractivity contribution is 7.15. The minimum absolute atomic E-state index is 0.0397. The maximum absolute atomic E-state index is 12.3. The van der Waals surface area contributed by atoms with Crippen molar-refractivity contribution in [2.45, 2.75) is 26.2 Å². The molecule has 1 N–H and O–H groups in total. The lowest BCUT2D eigenvalue weighted by molar-refractivity contribution is -0.118. The van der Waals surface area contributed by atoms with E-state index in [0.717, 1.165) is 22.6 Å².